The first kappa shape index (κ1) is 36.1. The number of fused-ring (bicyclic) bond motifs is 1. The molecular formula is C34H43NO11. The number of nitrogens with zero attached hydrogens (tertiary/aromatic N) is 1. The van der Waals surface area contributed by atoms with Crippen LogP contribution < -0.4 is 0 Å². The van der Waals surface area contributed by atoms with Gasteiger partial charge < -0.3 is 23.7 Å². The minimum atomic E-state index is -1.92. The van der Waals surface area contributed by atoms with Crippen molar-refractivity contribution in [3.05, 3.63) is 54.4 Å². The summed E-state index contributed by atoms with van der Waals surface area (Å²) in [5.74, 6) is -6.82. The van der Waals surface area contributed by atoms with Gasteiger partial charge in [0.2, 0.25) is 0 Å². The van der Waals surface area contributed by atoms with Crippen molar-refractivity contribution in [2.24, 2.45) is 23.2 Å². The fraction of sp³-hybridized carbons (Fsp3) is 0.559. The van der Waals surface area contributed by atoms with Crippen molar-refractivity contribution in [3.8, 4) is 0 Å². The molecule has 1 aromatic heterocycles. The first-order valence-corrected chi connectivity index (χ1v) is 15.1. The molecule has 0 radical (unpaired) electrons. The molecule has 3 rings (SSSR count). The monoisotopic (exact) mass is 641 g/mol. The number of Topliss-reactive ketones (excluding diaryl/α,β-unsaturated/α-hetero) is 1. The van der Waals surface area contributed by atoms with E-state index in [4.69, 9.17) is 23.7 Å². The Morgan fingerprint density at radius 1 is 0.913 bits per heavy atom. The highest BCUT2D eigenvalue weighted by Crippen LogP contribution is 2.51. The van der Waals surface area contributed by atoms with E-state index in [1.165, 1.54) is 26.2 Å². The second-order valence-electron chi connectivity index (χ2n) is 12.7. The Balaban J connectivity index is 2.31. The zero-order valence-electron chi connectivity index (χ0n) is 27.6. The molecule has 12 heteroatoms. The van der Waals surface area contributed by atoms with Crippen LogP contribution in [0.4, 0.5) is 0 Å². The highest BCUT2D eigenvalue weighted by atomic mass is 16.6. The summed E-state index contributed by atoms with van der Waals surface area (Å²) in [7, 11) is 0. The molecule has 0 saturated heterocycles. The van der Waals surface area contributed by atoms with Gasteiger partial charge in [0, 0.05) is 69.8 Å². The van der Waals surface area contributed by atoms with Crippen molar-refractivity contribution >= 4 is 35.6 Å². The van der Waals surface area contributed by atoms with Crippen molar-refractivity contribution in [1.29, 1.82) is 0 Å². The third-order valence-electron chi connectivity index (χ3n) is 8.46. The molecule has 0 aliphatic heterocycles. The maximum atomic E-state index is 14.5. The van der Waals surface area contributed by atoms with Gasteiger partial charge in [0.15, 0.2) is 11.4 Å². The number of hydrogen-bond acceptors (Lipinski definition) is 12. The molecular weight excluding hydrogens is 598 g/mol. The maximum absolute atomic E-state index is 14.5. The Bertz CT molecular complexity index is 1400. The minimum absolute atomic E-state index is 0.0152. The first-order valence-electron chi connectivity index (χ1n) is 15.1. The minimum Gasteiger partial charge on any atom is -0.462 e. The topological polar surface area (TPSA) is 161 Å². The molecule has 1 saturated carbocycles. The summed E-state index contributed by atoms with van der Waals surface area (Å²) < 4.78 is 29.2. The van der Waals surface area contributed by atoms with Gasteiger partial charge in [-0.15, -0.1) is 0 Å². The third-order valence-corrected chi connectivity index (χ3v) is 8.46. The summed E-state index contributed by atoms with van der Waals surface area (Å²) in [5.41, 5.74) is -2.68. The highest BCUT2D eigenvalue weighted by Gasteiger charge is 2.65. The molecule has 0 bridgehead atoms. The summed E-state index contributed by atoms with van der Waals surface area (Å²) >= 11 is 0. The normalized spacial score (nSPS) is 30.9. The molecule has 250 valence electrons. The molecule has 1 heterocycles. The zero-order valence-corrected chi connectivity index (χ0v) is 27.6. The number of aromatic nitrogens is 1. The second-order valence-corrected chi connectivity index (χ2v) is 12.7. The largest absolute Gasteiger partial charge is 0.462 e. The van der Waals surface area contributed by atoms with Gasteiger partial charge in [-0.25, -0.2) is 4.79 Å². The molecule has 0 amide bonds. The zero-order chi connectivity index (χ0) is 34.6. The molecule has 0 N–H and O–H groups in total. The van der Waals surface area contributed by atoms with Gasteiger partial charge in [-0.3, -0.25) is 29.0 Å². The Kier molecular flexibility index (Phi) is 11.3. The molecule has 46 heavy (non-hydrogen) atoms. The number of pyridine rings is 1. The van der Waals surface area contributed by atoms with Gasteiger partial charge in [0.1, 0.15) is 24.4 Å². The van der Waals surface area contributed by atoms with Gasteiger partial charge in [-0.2, -0.15) is 0 Å². The Morgan fingerprint density at radius 2 is 1.54 bits per heavy atom. The van der Waals surface area contributed by atoms with Crippen LogP contribution in [0.15, 0.2) is 48.8 Å². The van der Waals surface area contributed by atoms with E-state index >= 15 is 0 Å². The SMILES string of the molecule is C=C1C(OC(C)=O)CC(OC(=O)c2cccnc2)C(C)(C)C=CC(C)C(=O)[C@@]2(OC(C)=O)CC(C)C(OC(C)=O)[C@@H]2C1OC(C)=O. The quantitative estimate of drug-likeness (QED) is 0.249. The van der Waals surface area contributed by atoms with E-state index in [9.17, 15) is 28.8 Å². The lowest BCUT2D eigenvalue weighted by molar-refractivity contribution is -0.185. The fourth-order valence-electron chi connectivity index (χ4n) is 6.40. The molecule has 8 atom stereocenters. The van der Waals surface area contributed by atoms with Crippen molar-refractivity contribution in [1.82, 2.24) is 4.98 Å². The fourth-order valence-corrected chi connectivity index (χ4v) is 6.40. The number of rotatable bonds is 6. The van der Waals surface area contributed by atoms with Crippen LogP contribution in [0.1, 0.15) is 78.6 Å². The summed E-state index contributed by atoms with van der Waals surface area (Å²) in [6.45, 7) is 15.8. The average Bonchev–Trinajstić information content (AvgIpc) is 3.22. The van der Waals surface area contributed by atoms with Gasteiger partial charge in [0.05, 0.1) is 11.5 Å². The van der Waals surface area contributed by atoms with Gasteiger partial charge in [0.25, 0.3) is 0 Å². The van der Waals surface area contributed by atoms with E-state index in [0.29, 0.717) is 0 Å². The van der Waals surface area contributed by atoms with Crippen LogP contribution >= 0.6 is 0 Å². The number of allylic oxidation sites excluding steroid dienone is 1. The predicted octanol–water partition coefficient (Wildman–Crippen LogP) is 4.11. The number of hydrogen-bond donors (Lipinski definition) is 0. The number of carbonyl (C=O) groups is 6. The summed E-state index contributed by atoms with van der Waals surface area (Å²) in [5, 5.41) is 0. The number of ketones is 1. The lowest BCUT2D eigenvalue weighted by atomic mass is 9.72. The lowest BCUT2D eigenvalue weighted by Crippen LogP contribution is -2.57. The van der Waals surface area contributed by atoms with Gasteiger partial charge in [-0.1, -0.05) is 46.4 Å². The van der Waals surface area contributed by atoms with Gasteiger partial charge >= 0.3 is 29.8 Å². The smallest absolute Gasteiger partial charge is 0.340 e. The lowest BCUT2D eigenvalue weighted by Gasteiger charge is -2.42. The average molecular weight is 642 g/mol. The van der Waals surface area contributed by atoms with E-state index in [1.54, 1.807) is 52.0 Å². The molecule has 6 unspecified atom stereocenters. The van der Waals surface area contributed by atoms with Gasteiger partial charge in [-0.05, 0) is 18.1 Å². The summed E-state index contributed by atoms with van der Waals surface area (Å²) in [4.78, 5) is 81.8. The van der Waals surface area contributed by atoms with Crippen molar-refractivity contribution < 1.29 is 52.5 Å². The highest BCUT2D eigenvalue weighted by molar-refractivity contribution is 5.93. The maximum Gasteiger partial charge on any atom is 0.340 e. The van der Waals surface area contributed by atoms with E-state index in [2.05, 4.69) is 11.6 Å². The Hall–Kier alpha value is -4.35. The van der Waals surface area contributed by atoms with Crippen LogP contribution in [0.2, 0.25) is 0 Å². The third kappa shape index (κ3) is 8.07. The van der Waals surface area contributed by atoms with Crippen LogP contribution in [-0.4, -0.2) is 70.6 Å². The van der Waals surface area contributed by atoms with Crippen LogP contribution in [0, 0.1) is 23.2 Å². The molecule has 0 aromatic carbocycles. The molecule has 12 nitrogen and oxygen atoms in total. The Morgan fingerprint density at radius 3 is 2.09 bits per heavy atom. The van der Waals surface area contributed by atoms with Crippen LogP contribution in [-0.2, 0) is 47.7 Å². The molecule has 2 aliphatic carbocycles. The molecule has 1 aromatic rings. The number of esters is 5. The van der Waals surface area contributed by atoms with E-state index in [0.717, 1.165) is 13.8 Å². The standard InChI is InChI=1S/C34H43NO11/c1-18-12-13-33(8,9)27(45-32(41)25-11-10-14-35-17-25)15-26(42-21(4)36)20(3)30(44-23(6)38)28-29(43-22(5)37)19(2)16-34(28,31(18)40)46-24(7)39/h10-14,17-19,26-30H,3,15-16H2,1-2,4-9H3/t18?,19?,26?,27?,28-,29?,30?,34-/m1/s1. The number of ether oxygens (including phenoxy) is 5. The molecule has 0 spiro atoms. The number of carbonyl (C=O) groups excluding carboxylic acids is 6. The first-order chi connectivity index (χ1) is 21.4. The van der Waals surface area contributed by atoms with Crippen LogP contribution in [0.25, 0.3) is 0 Å². The van der Waals surface area contributed by atoms with E-state index < -0.39 is 88.8 Å². The predicted molar refractivity (Wildman–Crippen MR) is 163 cm³/mol. The van der Waals surface area contributed by atoms with Crippen LogP contribution in [0.3, 0.4) is 0 Å². The second kappa shape index (κ2) is 14.4. The summed E-state index contributed by atoms with van der Waals surface area (Å²) in [6, 6.07) is 3.12. The van der Waals surface area contributed by atoms with E-state index in [-0.39, 0.29) is 24.0 Å². The van der Waals surface area contributed by atoms with Crippen molar-refractivity contribution in [3.63, 3.8) is 0 Å². The van der Waals surface area contributed by atoms with Crippen molar-refractivity contribution in [2.75, 3.05) is 0 Å². The van der Waals surface area contributed by atoms with E-state index in [1.807, 2.05) is 0 Å². The summed E-state index contributed by atoms with van der Waals surface area (Å²) in [6.07, 6.45) is 1.28. The van der Waals surface area contributed by atoms with Crippen LogP contribution in [0.5, 0.6) is 0 Å². The molecule has 1 fully saturated rings. The Labute approximate surface area is 268 Å². The van der Waals surface area contributed by atoms with Crippen molar-refractivity contribution in [2.45, 2.75) is 98.2 Å². The molecule has 2 aliphatic rings.